The first-order chi connectivity index (χ1) is 11.7. The number of aromatic nitrogens is 2. The van der Waals surface area contributed by atoms with E-state index in [2.05, 4.69) is 26.3 Å². The first-order valence-electron chi connectivity index (χ1n) is 7.72. The van der Waals surface area contributed by atoms with Crippen molar-refractivity contribution in [2.24, 2.45) is 7.05 Å². The standard InChI is InChI=1S/C16H20BrN5O3/c1-5-12-15(22(24)25)16(21(4)19-12)20(3)9-14(23)18-13-7-6-11(17)8-10(13)2/h6-8H,5,9H2,1-4H3,(H,18,23). The summed E-state index contributed by atoms with van der Waals surface area (Å²) in [6, 6.07) is 5.55. The van der Waals surface area contributed by atoms with E-state index in [1.165, 1.54) is 9.58 Å². The molecular formula is C16H20BrN5O3. The van der Waals surface area contributed by atoms with Gasteiger partial charge in [0.15, 0.2) is 0 Å². The van der Waals surface area contributed by atoms with Gasteiger partial charge in [-0.05, 0) is 37.1 Å². The first-order valence-corrected chi connectivity index (χ1v) is 8.51. The molecular weight excluding hydrogens is 390 g/mol. The van der Waals surface area contributed by atoms with Gasteiger partial charge in [0.1, 0.15) is 5.69 Å². The van der Waals surface area contributed by atoms with Crippen molar-refractivity contribution in [2.75, 3.05) is 23.8 Å². The number of likely N-dealkylation sites (N-methyl/N-ethyl adjacent to an activating group) is 1. The molecule has 0 fully saturated rings. The molecule has 0 spiro atoms. The predicted molar refractivity (Wildman–Crippen MR) is 100 cm³/mol. The lowest BCUT2D eigenvalue weighted by molar-refractivity contribution is -0.384. The van der Waals surface area contributed by atoms with Crippen LogP contribution in [0.3, 0.4) is 0 Å². The maximum absolute atomic E-state index is 12.3. The Morgan fingerprint density at radius 3 is 2.72 bits per heavy atom. The topological polar surface area (TPSA) is 93.3 Å². The largest absolute Gasteiger partial charge is 0.345 e. The summed E-state index contributed by atoms with van der Waals surface area (Å²) in [4.78, 5) is 24.8. The molecule has 0 aliphatic carbocycles. The van der Waals surface area contributed by atoms with E-state index in [4.69, 9.17) is 0 Å². The van der Waals surface area contributed by atoms with Crippen LogP contribution < -0.4 is 10.2 Å². The molecule has 1 N–H and O–H groups in total. The summed E-state index contributed by atoms with van der Waals surface area (Å²) in [7, 11) is 3.27. The number of benzene rings is 1. The zero-order valence-electron chi connectivity index (χ0n) is 14.5. The summed E-state index contributed by atoms with van der Waals surface area (Å²) in [5.41, 5.74) is 1.97. The molecule has 1 aromatic heterocycles. The van der Waals surface area contributed by atoms with E-state index in [9.17, 15) is 14.9 Å². The summed E-state index contributed by atoms with van der Waals surface area (Å²) in [5.74, 6) is 0.0472. The fourth-order valence-corrected chi connectivity index (χ4v) is 3.13. The van der Waals surface area contributed by atoms with Crippen LogP contribution in [0.25, 0.3) is 0 Å². The fourth-order valence-electron chi connectivity index (χ4n) is 2.66. The Morgan fingerprint density at radius 2 is 2.16 bits per heavy atom. The highest BCUT2D eigenvalue weighted by molar-refractivity contribution is 9.10. The van der Waals surface area contributed by atoms with Crippen molar-refractivity contribution in [3.63, 3.8) is 0 Å². The van der Waals surface area contributed by atoms with Crippen molar-refractivity contribution in [1.29, 1.82) is 0 Å². The summed E-state index contributed by atoms with van der Waals surface area (Å²) in [6.45, 7) is 3.67. The molecule has 1 heterocycles. The van der Waals surface area contributed by atoms with Crippen LogP contribution in [0.1, 0.15) is 18.2 Å². The van der Waals surface area contributed by atoms with Crippen molar-refractivity contribution in [3.8, 4) is 0 Å². The lowest BCUT2D eigenvalue weighted by Gasteiger charge is -2.18. The van der Waals surface area contributed by atoms with Crippen LogP contribution >= 0.6 is 15.9 Å². The number of nitrogens with zero attached hydrogens (tertiary/aromatic N) is 4. The average molecular weight is 410 g/mol. The summed E-state index contributed by atoms with van der Waals surface area (Å²) in [5, 5.41) is 18.4. The monoisotopic (exact) mass is 409 g/mol. The summed E-state index contributed by atoms with van der Waals surface area (Å²) in [6.07, 6.45) is 0.447. The van der Waals surface area contributed by atoms with Gasteiger partial charge in [-0.3, -0.25) is 14.9 Å². The van der Waals surface area contributed by atoms with Crippen LogP contribution in [-0.4, -0.2) is 34.2 Å². The lowest BCUT2D eigenvalue weighted by Crippen LogP contribution is -2.31. The van der Waals surface area contributed by atoms with Gasteiger partial charge in [-0.1, -0.05) is 22.9 Å². The molecule has 1 amide bonds. The normalized spacial score (nSPS) is 10.6. The molecule has 0 aliphatic rings. The van der Waals surface area contributed by atoms with Gasteiger partial charge in [0, 0.05) is 24.3 Å². The van der Waals surface area contributed by atoms with Crippen LogP contribution in [0.5, 0.6) is 0 Å². The highest BCUT2D eigenvalue weighted by Crippen LogP contribution is 2.31. The SMILES string of the molecule is CCc1nn(C)c(N(C)CC(=O)Nc2ccc(Br)cc2C)c1[N+](=O)[O-]. The lowest BCUT2D eigenvalue weighted by atomic mass is 10.2. The average Bonchev–Trinajstić information content (AvgIpc) is 2.87. The van der Waals surface area contributed by atoms with Gasteiger partial charge in [-0.15, -0.1) is 0 Å². The third-order valence-electron chi connectivity index (χ3n) is 3.78. The molecule has 0 saturated carbocycles. The van der Waals surface area contributed by atoms with Crippen LogP contribution in [0.4, 0.5) is 17.2 Å². The zero-order valence-corrected chi connectivity index (χ0v) is 16.1. The quantitative estimate of drug-likeness (QED) is 0.584. The molecule has 2 rings (SSSR count). The number of amides is 1. The van der Waals surface area contributed by atoms with E-state index in [0.717, 1.165) is 10.0 Å². The second-order valence-electron chi connectivity index (χ2n) is 5.72. The molecule has 0 bridgehead atoms. The molecule has 25 heavy (non-hydrogen) atoms. The number of aryl methyl sites for hydroxylation is 3. The van der Waals surface area contributed by atoms with Gasteiger partial charge in [0.2, 0.25) is 11.7 Å². The second kappa shape index (κ2) is 7.64. The van der Waals surface area contributed by atoms with Crippen LogP contribution in [0.15, 0.2) is 22.7 Å². The van der Waals surface area contributed by atoms with E-state index in [1.54, 1.807) is 20.2 Å². The number of nitrogens with one attached hydrogen (secondary N) is 1. The number of rotatable bonds is 6. The molecule has 0 radical (unpaired) electrons. The number of nitro groups is 1. The minimum atomic E-state index is -0.450. The van der Waals surface area contributed by atoms with Crippen LogP contribution in [-0.2, 0) is 18.3 Å². The smallest absolute Gasteiger partial charge is 0.334 e. The first kappa shape index (κ1) is 18.9. The van der Waals surface area contributed by atoms with Gasteiger partial charge in [-0.2, -0.15) is 5.10 Å². The van der Waals surface area contributed by atoms with Gasteiger partial charge in [0.25, 0.3) is 0 Å². The third kappa shape index (κ3) is 4.16. The number of carbonyl (C=O) groups is 1. The number of carbonyl (C=O) groups excluding carboxylic acids is 1. The van der Waals surface area contributed by atoms with Gasteiger partial charge in [0.05, 0.1) is 11.5 Å². The summed E-state index contributed by atoms with van der Waals surface area (Å²) < 4.78 is 2.37. The van der Waals surface area contributed by atoms with Gasteiger partial charge < -0.3 is 10.2 Å². The van der Waals surface area contributed by atoms with Crippen LogP contribution in [0, 0.1) is 17.0 Å². The Bertz CT molecular complexity index is 818. The number of hydrogen-bond donors (Lipinski definition) is 1. The number of hydrogen-bond acceptors (Lipinski definition) is 5. The van der Waals surface area contributed by atoms with Gasteiger partial charge >= 0.3 is 5.69 Å². The fraction of sp³-hybridized carbons (Fsp3) is 0.375. The molecule has 1 aromatic carbocycles. The van der Waals surface area contributed by atoms with Crippen molar-refractivity contribution in [3.05, 3.63) is 44.0 Å². The molecule has 8 nitrogen and oxygen atoms in total. The van der Waals surface area contributed by atoms with Crippen molar-refractivity contribution in [1.82, 2.24) is 9.78 Å². The third-order valence-corrected chi connectivity index (χ3v) is 4.28. The Labute approximate surface area is 154 Å². The molecule has 0 saturated heterocycles. The molecule has 134 valence electrons. The molecule has 9 heteroatoms. The maximum atomic E-state index is 12.3. The Kier molecular flexibility index (Phi) is 5.78. The van der Waals surface area contributed by atoms with E-state index in [1.807, 2.05) is 26.0 Å². The molecule has 0 unspecified atom stereocenters. The van der Waals surface area contributed by atoms with E-state index < -0.39 is 4.92 Å². The second-order valence-corrected chi connectivity index (χ2v) is 6.63. The molecule has 0 aliphatic heterocycles. The van der Waals surface area contributed by atoms with E-state index in [0.29, 0.717) is 23.6 Å². The molecule has 2 aromatic rings. The highest BCUT2D eigenvalue weighted by Gasteiger charge is 2.28. The maximum Gasteiger partial charge on any atom is 0.334 e. The number of anilines is 2. The van der Waals surface area contributed by atoms with Crippen molar-refractivity contribution < 1.29 is 9.72 Å². The van der Waals surface area contributed by atoms with Crippen LogP contribution in [0.2, 0.25) is 0 Å². The Hall–Kier alpha value is -2.42. The zero-order chi connectivity index (χ0) is 18.7. The Morgan fingerprint density at radius 1 is 1.48 bits per heavy atom. The summed E-state index contributed by atoms with van der Waals surface area (Å²) >= 11 is 3.38. The highest BCUT2D eigenvalue weighted by atomic mass is 79.9. The van der Waals surface area contributed by atoms with Crippen molar-refractivity contribution in [2.45, 2.75) is 20.3 Å². The van der Waals surface area contributed by atoms with Gasteiger partial charge in [-0.25, -0.2) is 4.68 Å². The van der Waals surface area contributed by atoms with Crippen molar-refractivity contribution >= 4 is 39.0 Å². The minimum absolute atomic E-state index is 0.0287. The van der Waals surface area contributed by atoms with E-state index in [-0.39, 0.29) is 18.1 Å². The van der Waals surface area contributed by atoms with E-state index >= 15 is 0 Å². The minimum Gasteiger partial charge on any atom is -0.345 e. The Balaban J connectivity index is 2.19. The molecule has 0 atom stereocenters. The predicted octanol–water partition coefficient (Wildman–Crippen LogP) is 3.04. The number of halogens is 1.